The zero-order valence-corrected chi connectivity index (χ0v) is 63.6. The number of carbonyl (C=O) groups excluding carboxylic acids is 3. The Bertz CT molecular complexity index is 1790. The van der Waals surface area contributed by atoms with E-state index in [2.05, 4.69) is 86.8 Å². The number of ether oxygens (including phenoxy) is 4. The summed E-state index contributed by atoms with van der Waals surface area (Å²) in [5, 5.41) is 11.9. The second-order valence-electron chi connectivity index (χ2n) is 29.0. The molecule has 0 aliphatic rings. The summed E-state index contributed by atoms with van der Waals surface area (Å²) in [7, 11) is 5.95. The molecule has 0 saturated heterocycles. The largest absolute Gasteiger partial charge is 0.545 e. The summed E-state index contributed by atoms with van der Waals surface area (Å²) in [6, 6.07) is 0. The third kappa shape index (κ3) is 77.9. The van der Waals surface area contributed by atoms with Gasteiger partial charge in [-0.05, 0) is 64.2 Å². The molecule has 9 heteroatoms. The minimum Gasteiger partial charge on any atom is -0.545 e. The Hall–Kier alpha value is -3.27. The number of esters is 2. The molecule has 0 amide bonds. The Morgan fingerprint density at radius 1 is 0.326 bits per heavy atom. The summed E-state index contributed by atoms with van der Waals surface area (Å²) in [6.45, 7) is 4.71. The Morgan fingerprint density at radius 3 is 0.895 bits per heavy atom. The van der Waals surface area contributed by atoms with Gasteiger partial charge in [0.25, 0.3) is 0 Å². The van der Waals surface area contributed by atoms with E-state index in [0.717, 1.165) is 70.6 Å². The first-order chi connectivity index (χ1) is 46.6. The van der Waals surface area contributed by atoms with Crippen molar-refractivity contribution in [2.75, 3.05) is 47.5 Å². The number of hydrogen-bond acceptors (Lipinski definition) is 8. The Balaban J connectivity index is 3.98. The highest BCUT2D eigenvalue weighted by molar-refractivity contribution is 5.70. The molecule has 554 valence electrons. The fourth-order valence-corrected chi connectivity index (χ4v) is 12.3. The van der Waals surface area contributed by atoms with Crippen molar-refractivity contribution in [2.45, 2.75) is 411 Å². The lowest BCUT2D eigenvalue weighted by atomic mass is 10.0. The van der Waals surface area contributed by atoms with E-state index < -0.39 is 24.3 Å². The third-order valence-corrected chi connectivity index (χ3v) is 18.5. The third-order valence-electron chi connectivity index (χ3n) is 18.5. The molecule has 0 heterocycles. The average Bonchev–Trinajstić information content (AvgIpc) is 3.75. The molecular formula is C86H157NO8. The molecule has 2 atom stereocenters. The molecule has 0 fully saturated rings. The average molecular weight is 1330 g/mol. The van der Waals surface area contributed by atoms with Crippen molar-refractivity contribution in [1.82, 2.24) is 0 Å². The van der Waals surface area contributed by atoms with Crippen molar-refractivity contribution in [3.05, 3.63) is 72.9 Å². The van der Waals surface area contributed by atoms with Crippen molar-refractivity contribution in [1.29, 1.82) is 0 Å². The lowest BCUT2D eigenvalue weighted by molar-refractivity contribution is -0.870. The molecule has 0 N–H and O–H groups in total. The Kier molecular flexibility index (Phi) is 73.9. The van der Waals surface area contributed by atoms with Crippen LogP contribution >= 0.6 is 0 Å². The maximum Gasteiger partial charge on any atom is 0.306 e. The Morgan fingerprint density at radius 2 is 0.600 bits per heavy atom. The fraction of sp³-hybridized carbons (Fsp3) is 0.826. The van der Waals surface area contributed by atoms with E-state index in [-0.39, 0.29) is 32.2 Å². The predicted octanol–water partition coefficient (Wildman–Crippen LogP) is 25.0. The number of carboxylic acids is 1. The molecule has 0 spiro atoms. The highest BCUT2D eigenvalue weighted by Gasteiger charge is 2.22. The molecule has 0 rings (SSSR count). The zero-order valence-electron chi connectivity index (χ0n) is 63.6. The lowest BCUT2D eigenvalue weighted by Crippen LogP contribution is -2.44. The highest BCUT2D eigenvalue weighted by Crippen LogP contribution is 2.20. The number of hydrogen-bond donors (Lipinski definition) is 0. The molecule has 0 aromatic rings. The number of unbranched alkanes of at least 4 members (excludes halogenated alkanes) is 50. The van der Waals surface area contributed by atoms with E-state index in [1.54, 1.807) is 0 Å². The van der Waals surface area contributed by atoms with Gasteiger partial charge in [-0.2, -0.15) is 0 Å². The molecule has 0 saturated carbocycles. The van der Waals surface area contributed by atoms with E-state index in [0.29, 0.717) is 23.9 Å². The first-order valence-corrected chi connectivity index (χ1v) is 41.1. The van der Waals surface area contributed by atoms with Crippen LogP contribution in [-0.4, -0.2) is 82.3 Å². The zero-order chi connectivity index (χ0) is 69.0. The molecular weight excluding hydrogens is 1170 g/mol. The second kappa shape index (κ2) is 76.5. The molecule has 0 aromatic heterocycles. The summed E-state index contributed by atoms with van der Waals surface area (Å²) in [6.07, 6.45) is 100. The van der Waals surface area contributed by atoms with Gasteiger partial charge < -0.3 is 33.3 Å². The van der Waals surface area contributed by atoms with Crippen LogP contribution in [0.15, 0.2) is 72.9 Å². The van der Waals surface area contributed by atoms with Gasteiger partial charge in [-0.25, -0.2) is 0 Å². The van der Waals surface area contributed by atoms with Gasteiger partial charge in [0.1, 0.15) is 13.2 Å². The number of allylic oxidation sites excluding steroid dienone is 12. The smallest absolute Gasteiger partial charge is 0.306 e. The van der Waals surface area contributed by atoms with Crippen LogP contribution in [0.2, 0.25) is 0 Å². The second-order valence-corrected chi connectivity index (χ2v) is 29.0. The van der Waals surface area contributed by atoms with Gasteiger partial charge in [-0.3, -0.25) is 9.59 Å². The molecule has 95 heavy (non-hydrogen) atoms. The van der Waals surface area contributed by atoms with Gasteiger partial charge in [0.05, 0.1) is 40.3 Å². The maximum atomic E-state index is 13.0. The first-order valence-electron chi connectivity index (χ1n) is 41.1. The van der Waals surface area contributed by atoms with E-state index in [1.165, 1.54) is 295 Å². The summed E-state index contributed by atoms with van der Waals surface area (Å²) >= 11 is 0. The van der Waals surface area contributed by atoms with Crippen LogP contribution in [0.5, 0.6) is 0 Å². The van der Waals surface area contributed by atoms with Crippen LogP contribution in [0.25, 0.3) is 0 Å². The molecule has 0 radical (unpaired) electrons. The number of quaternary nitrogens is 1. The van der Waals surface area contributed by atoms with Crippen LogP contribution in [0.4, 0.5) is 0 Å². The van der Waals surface area contributed by atoms with Crippen LogP contribution in [0, 0.1) is 0 Å². The van der Waals surface area contributed by atoms with E-state index in [4.69, 9.17) is 18.9 Å². The minimum absolute atomic E-state index is 0.149. The van der Waals surface area contributed by atoms with Crippen LogP contribution in [0.3, 0.4) is 0 Å². The highest BCUT2D eigenvalue weighted by atomic mass is 16.7. The van der Waals surface area contributed by atoms with Crippen LogP contribution in [-0.2, 0) is 33.3 Å². The molecule has 9 nitrogen and oxygen atoms in total. The molecule has 0 aromatic carbocycles. The number of aliphatic carboxylic acids is 1. The first kappa shape index (κ1) is 91.7. The van der Waals surface area contributed by atoms with Crippen molar-refractivity contribution < 1.29 is 42.9 Å². The predicted molar refractivity (Wildman–Crippen MR) is 408 cm³/mol. The number of carboxylic acid groups (broad SMARTS) is 1. The SMILES string of the molecule is CC/C=C\C/C=C\C/C=C\C/C=C\C/C=C\C/C=C\CCCCCCCCCCCCCCCCCCCCC(=O)OC(COC(=O)CCCCCCCCCCCCCCCCCCCCCCCCCCCCCCCCCCC)COC(OCC[N+](C)(C)C)C(=O)[O-]. The summed E-state index contributed by atoms with van der Waals surface area (Å²) in [5.74, 6) is -2.25. The maximum absolute atomic E-state index is 13.0. The minimum atomic E-state index is -1.62. The van der Waals surface area contributed by atoms with Crippen LogP contribution in [0.1, 0.15) is 399 Å². The van der Waals surface area contributed by atoms with Crippen molar-refractivity contribution in [3.8, 4) is 0 Å². The van der Waals surface area contributed by atoms with Gasteiger partial charge in [-0.1, -0.05) is 395 Å². The standard InChI is InChI=1S/C86H157NO8/c1-6-8-10-12-14-16-18-20-22-24-26-28-30-32-34-36-38-40-41-42-43-45-47-49-51-53-55-57-59-61-63-65-67-69-71-73-75-77-84(89)95-82(81-94-86(85(90)91)92-79-78-87(3,4)5)80-93-83(88)76-74-72-70-68-66-64-62-60-58-56-54-52-50-48-46-44-39-37-35-33-31-29-27-25-23-21-19-17-15-13-11-9-7-2/h8,10,14,16,20,22,26,28,32,34,38,40,82,86H,6-7,9,11-13,15,17-19,21,23-25,27,29-31,33,35-37,39,41-81H2,1-5H3/b10-8-,16-14-,22-20-,28-26-,34-32-,40-38-. The molecule has 2 unspecified atom stereocenters. The van der Waals surface area contributed by atoms with Gasteiger partial charge in [-0.15, -0.1) is 0 Å². The van der Waals surface area contributed by atoms with Gasteiger partial charge in [0.2, 0.25) is 0 Å². The van der Waals surface area contributed by atoms with Crippen molar-refractivity contribution in [3.63, 3.8) is 0 Å². The summed E-state index contributed by atoms with van der Waals surface area (Å²) in [5.41, 5.74) is 0. The molecule has 0 aliphatic carbocycles. The van der Waals surface area contributed by atoms with Gasteiger partial charge in [0, 0.05) is 12.8 Å². The van der Waals surface area contributed by atoms with Crippen LogP contribution < -0.4 is 5.11 Å². The fourth-order valence-electron chi connectivity index (χ4n) is 12.3. The van der Waals surface area contributed by atoms with Gasteiger partial charge >= 0.3 is 11.9 Å². The number of carbonyl (C=O) groups is 3. The molecule has 0 aliphatic heterocycles. The number of rotatable bonds is 77. The number of likely N-dealkylation sites (N-methyl/N-ethyl adjacent to an activating group) is 1. The van der Waals surface area contributed by atoms with Gasteiger partial charge in [0.15, 0.2) is 12.4 Å². The summed E-state index contributed by atoms with van der Waals surface area (Å²) < 4.78 is 22.9. The van der Waals surface area contributed by atoms with E-state index in [1.807, 2.05) is 21.1 Å². The van der Waals surface area contributed by atoms with Crippen molar-refractivity contribution >= 4 is 17.9 Å². The normalized spacial score (nSPS) is 13.0. The Labute approximate surface area is 589 Å². The quantitative estimate of drug-likeness (QED) is 0.0195. The monoisotopic (exact) mass is 1330 g/mol. The topological polar surface area (TPSA) is 111 Å². The van der Waals surface area contributed by atoms with E-state index in [9.17, 15) is 19.5 Å². The lowest BCUT2D eigenvalue weighted by Gasteiger charge is -2.26. The van der Waals surface area contributed by atoms with E-state index >= 15 is 0 Å². The van der Waals surface area contributed by atoms with Crippen molar-refractivity contribution in [2.24, 2.45) is 0 Å². The summed E-state index contributed by atoms with van der Waals surface area (Å²) in [4.78, 5) is 37.6. The number of nitrogens with zero attached hydrogens (tertiary/aromatic N) is 1. The molecule has 0 bridgehead atoms.